The molecule has 1 aliphatic carbocycles. The second-order valence-corrected chi connectivity index (χ2v) is 8.84. The number of rotatable bonds is 8. The van der Waals surface area contributed by atoms with E-state index in [0.29, 0.717) is 30.4 Å². The maximum Gasteiger partial charge on any atom is 0.411 e. The van der Waals surface area contributed by atoms with Crippen LogP contribution in [-0.4, -0.2) is 41.4 Å². The van der Waals surface area contributed by atoms with Crippen molar-refractivity contribution in [3.63, 3.8) is 0 Å². The van der Waals surface area contributed by atoms with Crippen molar-refractivity contribution in [1.82, 2.24) is 15.1 Å². The molecule has 1 saturated carbocycles. The molecule has 2 aliphatic rings. The molecule has 1 aliphatic heterocycles. The minimum absolute atomic E-state index is 0.195. The molecule has 1 aromatic heterocycles. The van der Waals surface area contributed by atoms with Gasteiger partial charge >= 0.3 is 6.09 Å². The monoisotopic (exact) mass is 474 g/mol. The molecule has 10 heteroatoms. The average molecular weight is 475 g/mol. The van der Waals surface area contributed by atoms with E-state index in [1.165, 1.54) is 0 Å². The fourth-order valence-electron chi connectivity index (χ4n) is 4.20. The fourth-order valence-corrected chi connectivity index (χ4v) is 4.20. The number of benzene rings is 2. The average Bonchev–Trinajstić information content (AvgIpc) is 3.43. The van der Waals surface area contributed by atoms with Gasteiger partial charge in [-0.2, -0.15) is 5.26 Å². The van der Waals surface area contributed by atoms with E-state index >= 15 is 0 Å². The number of anilines is 1. The van der Waals surface area contributed by atoms with E-state index in [9.17, 15) is 10.1 Å². The van der Waals surface area contributed by atoms with Crippen LogP contribution in [0.25, 0.3) is 22.2 Å². The zero-order valence-electron chi connectivity index (χ0n) is 19.7. The standard InChI is InChI=1S/C25H27N7O3/c1-16(2)35-25(33)29-18-5-3-17(4-6-18)24-22(14-26)21-10-9-20(13-23(21)32(24)19-7-8-19)34-12-11-31-28-15-27-30-31/h3-6,9-10,13,15-16,19,30H,7-8,11-12H2,1-2H3,(H,27,28)(H,29,33)/p+1. The molecule has 0 bridgehead atoms. The van der Waals surface area contributed by atoms with Gasteiger partial charge in [-0.05, 0) is 61.6 Å². The number of fused-ring (bicyclic) bond motifs is 1. The summed E-state index contributed by atoms with van der Waals surface area (Å²) < 4.78 is 13.4. The number of nitriles is 1. The van der Waals surface area contributed by atoms with Crippen molar-refractivity contribution in [3.8, 4) is 23.1 Å². The normalized spacial score (nSPS) is 15.3. The number of hydrogen-bond acceptors (Lipinski definition) is 7. The van der Waals surface area contributed by atoms with Gasteiger partial charge in [-0.3, -0.25) is 10.7 Å². The molecule has 0 spiro atoms. The smallest absolute Gasteiger partial charge is 0.411 e. The molecule has 2 aromatic carbocycles. The molecule has 4 N–H and O–H groups in total. The van der Waals surface area contributed by atoms with E-state index in [1.54, 1.807) is 25.7 Å². The molecule has 1 fully saturated rings. The fraction of sp³-hybridized carbons (Fsp3) is 0.320. The Labute approximate surface area is 203 Å². The Morgan fingerprint density at radius 3 is 2.74 bits per heavy atom. The minimum Gasteiger partial charge on any atom is -0.492 e. The SMILES string of the molecule is CC(C)OC(=O)Nc1ccc(-c2c(C#N)c3ccc(OCCN4NC=N[NH2+]4)cc3n2C2CC2)cc1. The van der Waals surface area contributed by atoms with Gasteiger partial charge in [0, 0.05) is 23.2 Å². The molecular weight excluding hydrogens is 446 g/mol. The lowest BCUT2D eigenvalue weighted by atomic mass is 10.1. The summed E-state index contributed by atoms with van der Waals surface area (Å²) in [4.78, 5) is 11.9. The second-order valence-electron chi connectivity index (χ2n) is 8.84. The van der Waals surface area contributed by atoms with Gasteiger partial charge in [0.25, 0.3) is 0 Å². The van der Waals surface area contributed by atoms with Gasteiger partial charge in [0.05, 0.1) is 22.9 Å². The lowest BCUT2D eigenvalue weighted by Crippen LogP contribution is -2.88. The number of quaternary nitrogens is 1. The third kappa shape index (κ3) is 4.91. The Kier molecular flexibility index (Phi) is 6.27. The maximum atomic E-state index is 11.9. The molecule has 5 rings (SSSR count). The summed E-state index contributed by atoms with van der Waals surface area (Å²) in [7, 11) is 0. The zero-order valence-corrected chi connectivity index (χ0v) is 19.7. The highest BCUT2D eigenvalue weighted by Crippen LogP contribution is 2.45. The van der Waals surface area contributed by atoms with Crippen molar-refractivity contribution < 1.29 is 19.8 Å². The molecule has 1 amide bonds. The maximum absolute atomic E-state index is 11.9. The minimum atomic E-state index is -0.490. The number of amides is 1. The Bertz CT molecular complexity index is 1300. The summed E-state index contributed by atoms with van der Waals surface area (Å²) in [6, 6.07) is 16.2. The van der Waals surface area contributed by atoms with Crippen LogP contribution >= 0.6 is 0 Å². The van der Waals surface area contributed by atoms with Gasteiger partial charge in [-0.25, -0.2) is 4.79 Å². The van der Waals surface area contributed by atoms with Gasteiger partial charge in [-0.1, -0.05) is 17.2 Å². The van der Waals surface area contributed by atoms with Crippen molar-refractivity contribution in [2.24, 2.45) is 5.10 Å². The number of hydrogen-bond donors (Lipinski definition) is 3. The number of carbonyl (C=O) groups is 1. The Hall–Kier alpha value is -4.07. The number of ether oxygens (including phenoxy) is 2. The topological polar surface area (TPSA) is 121 Å². The largest absolute Gasteiger partial charge is 0.492 e. The molecule has 0 saturated heterocycles. The van der Waals surface area contributed by atoms with Gasteiger partial charge < -0.3 is 14.0 Å². The molecule has 0 unspecified atom stereocenters. The van der Waals surface area contributed by atoms with Gasteiger partial charge in [0.15, 0.2) is 6.34 Å². The molecule has 0 atom stereocenters. The van der Waals surface area contributed by atoms with Gasteiger partial charge in [0.1, 0.15) is 25.0 Å². The van der Waals surface area contributed by atoms with Crippen LogP contribution in [0.4, 0.5) is 10.5 Å². The van der Waals surface area contributed by atoms with Crippen LogP contribution in [0.1, 0.15) is 38.3 Å². The van der Waals surface area contributed by atoms with E-state index in [-0.39, 0.29) is 6.10 Å². The van der Waals surface area contributed by atoms with Crippen molar-refractivity contribution in [2.75, 3.05) is 18.5 Å². The van der Waals surface area contributed by atoms with E-state index in [4.69, 9.17) is 9.47 Å². The van der Waals surface area contributed by atoms with E-state index in [2.05, 4.69) is 26.5 Å². The number of carbonyl (C=O) groups excluding carboxylic acids is 1. The van der Waals surface area contributed by atoms with Crippen molar-refractivity contribution in [3.05, 3.63) is 48.0 Å². The molecule has 3 aromatic rings. The van der Waals surface area contributed by atoms with Crippen LogP contribution in [0.3, 0.4) is 0 Å². The summed E-state index contributed by atoms with van der Waals surface area (Å²) in [6.07, 6.45) is 3.09. The highest BCUT2D eigenvalue weighted by atomic mass is 16.6. The molecule has 180 valence electrons. The Balaban J connectivity index is 1.43. The molecular formula is C25H28N7O3+. The zero-order chi connectivity index (χ0) is 24.4. The summed E-state index contributed by atoms with van der Waals surface area (Å²) in [5.74, 6) is 0.760. The number of nitrogens with two attached hydrogens (primary N) is 1. The van der Waals surface area contributed by atoms with E-state index in [1.807, 2.05) is 47.6 Å². The summed E-state index contributed by atoms with van der Waals surface area (Å²) in [5, 5.41) is 19.6. The van der Waals surface area contributed by atoms with Gasteiger partial charge in [0.2, 0.25) is 0 Å². The van der Waals surface area contributed by atoms with Crippen LogP contribution in [-0.2, 0) is 4.74 Å². The first-order valence-electron chi connectivity index (χ1n) is 11.7. The summed E-state index contributed by atoms with van der Waals surface area (Å²) >= 11 is 0. The van der Waals surface area contributed by atoms with Crippen LogP contribution in [0.5, 0.6) is 5.75 Å². The van der Waals surface area contributed by atoms with Crippen molar-refractivity contribution in [1.29, 1.82) is 5.26 Å². The van der Waals surface area contributed by atoms with Crippen LogP contribution in [0, 0.1) is 11.3 Å². The Morgan fingerprint density at radius 1 is 1.29 bits per heavy atom. The van der Waals surface area contributed by atoms with E-state index < -0.39 is 6.09 Å². The number of nitrogens with one attached hydrogen (secondary N) is 2. The first-order chi connectivity index (χ1) is 17.0. The highest BCUT2D eigenvalue weighted by molar-refractivity contribution is 5.96. The summed E-state index contributed by atoms with van der Waals surface area (Å²) in [5.41, 5.74) is 8.80. The van der Waals surface area contributed by atoms with Crippen LogP contribution < -0.4 is 21.0 Å². The predicted octanol–water partition coefficient (Wildman–Crippen LogP) is 3.09. The predicted molar refractivity (Wildman–Crippen MR) is 131 cm³/mol. The van der Waals surface area contributed by atoms with E-state index in [0.717, 1.165) is 40.8 Å². The van der Waals surface area contributed by atoms with Crippen molar-refractivity contribution >= 4 is 29.0 Å². The third-order valence-corrected chi connectivity index (χ3v) is 5.85. The second kappa shape index (κ2) is 9.66. The Morgan fingerprint density at radius 2 is 2.09 bits per heavy atom. The highest BCUT2D eigenvalue weighted by Gasteiger charge is 2.31. The number of hydrazine groups is 1. The molecule has 10 nitrogen and oxygen atoms in total. The molecule has 0 radical (unpaired) electrons. The summed E-state index contributed by atoms with van der Waals surface area (Å²) in [6.45, 7) is 4.75. The van der Waals surface area contributed by atoms with Crippen LogP contribution in [0.15, 0.2) is 47.6 Å². The van der Waals surface area contributed by atoms with Crippen molar-refractivity contribution in [2.45, 2.75) is 38.8 Å². The first-order valence-corrected chi connectivity index (χ1v) is 11.7. The molecule has 2 heterocycles. The number of nitrogens with zero attached hydrogens (tertiary/aromatic N) is 4. The first kappa shape index (κ1) is 22.7. The molecule has 35 heavy (non-hydrogen) atoms. The quantitative estimate of drug-likeness (QED) is 0.432. The number of aromatic nitrogens is 1. The third-order valence-electron chi connectivity index (χ3n) is 5.85. The lowest BCUT2D eigenvalue weighted by Gasteiger charge is -2.13. The van der Waals surface area contributed by atoms with Crippen LogP contribution in [0.2, 0.25) is 0 Å². The van der Waals surface area contributed by atoms with Gasteiger partial charge in [-0.15, -0.1) is 5.53 Å². The lowest BCUT2D eigenvalue weighted by molar-refractivity contribution is -0.808.